The van der Waals surface area contributed by atoms with Gasteiger partial charge in [-0.05, 0) is 30.9 Å². The van der Waals surface area contributed by atoms with Crippen LogP contribution in [0.1, 0.15) is 18.4 Å². The molecule has 0 unspecified atom stereocenters. The predicted molar refractivity (Wildman–Crippen MR) is 73.4 cm³/mol. The van der Waals surface area contributed by atoms with E-state index in [9.17, 15) is 9.59 Å². The molecule has 2 aliphatic heterocycles. The summed E-state index contributed by atoms with van der Waals surface area (Å²) >= 11 is 0. The summed E-state index contributed by atoms with van der Waals surface area (Å²) in [5.74, 6) is 0.566. The minimum Gasteiger partial charge on any atom is -0.480 e. The summed E-state index contributed by atoms with van der Waals surface area (Å²) in [5, 5.41) is 2.80. The van der Waals surface area contributed by atoms with Gasteiger partial charge in [0.1, 0.15) is 11.8 Å². The van der Waals surface area contributed by atoms with Gasteiger partial charge >= 0.3 is 0 Å². The van der Waals surface area contributed by atoms with Crippen LogP contribution in [0.25, 0.3) is 0 Å². The van der Waals surface area contributed by atoms with Gasteiger partial charge < -0.3 is 15.0 Å². The Kier molecular flexibility index (Phi) is 3.34. The van der Waals surface area contributed by atoms with Crippen molar-refractivity contribution in [1.29, 1.82) is 0 Å². The van der Waals surface area contributed by atoms with Gasteiger partial charge in [0.2, 0.25) is 5.91 Å². The Morgan fingerprint density at radius 1 is 1.35 bits per heavy atom. The SMILES string of the molecule is CN1CC[C@@H](NC(=O)[C@@H]2CCc3ccccc3O2)C1=O. The van der Waals surface area contributed by atoms with Gasteiger partial charge in [0.05, 0.1) is 0 Å². The molecule has 0 saturated carbocycles. The number of nitrogens with zero attached hydrogens (tertiary/aromatic N) is 1. The minimum absolute atomic E-state index is 0.0189. The Bertz CT molecular complexity index is 544. The first kappa shape index (κ1) is 13.0. The standard InChI is InChI=1S/C15H18N2O3/c1-17-9-8-11(15(17)19)16-14(18)13-7-6-10-4-2-3-5-12(10)20-13/h2-5,11,13H,6-9H2,1H3,(H,16,18)/t11-,13+/m1/s1. The lowest BCUT2D eigenvalue weighted by atomic mass is 10.0. The van der Waals surface area contributed by atoms with E-state index in [4.69, 9.17) is 4.74 Å². The second-order valence-electron chi connectivity index (χ2n) is 5.36. The van der Waals surface area contributed by atoms with Crippen molar-refractivity contribution >= 4 is 11.8 Å². The molecule has 1 N–H and O–H groups in total. The number of rotatable bonds is 2. The lowest BCUT2D eigenvalue weighted by molar-refractivity contribution is -0.135. The van der Waals surface area contributed by atoms with Crippen LogP contribution in [0.5, 0.6) is 5.75 Å². The van der Waals surface area contributed by atoms with Crippen molar-refractivity contribution in [3.05, 3.63) is 29.8 Å². The lowest BCUT2D eigenvalue weighted by Gasteiger charge is -2.26. The number of carbonyl (C=O) groups is 2. The molecule has 0 bridgehead atoms. The maximum Gasteiger partial charge on any atom is 0.261 e. The number of carbonyl (C=O) groups excluding carboxylic acids is 2. The van der Waals surface area contributed by atoms with E-state index >= 15 is 0 Å². The topological polar surface area (TPSA) is 58.6 Å². The van der Waals surface area contributed by atoms with E-state index in [0.717, 1.165) is 17.7 Å². The van der Waals surface area contributed by atoms with Crippen LogP contribution < -0.4 is 10.1 Å². The van der Waals surface area contributed by atoms with Crippen molar-refractivity contribution in [1.82, 2.24) is 10.2 Å². The van der Waals surface area contributed by atoms with E-state index in [1.807, 2.05) is 24.3 Å². The number of benzene rings is 1. The first-order valence-corrected chi connectivity index (χ1v) is 6.95. The molecular formula is C15H18N2O3. The molecule has 0 spiro atoms. The molecule has 2 amide bonds. The van der Waals surface area contributed by atoms with Crippen molar-refractivity contribution in [3.63, 3.8) is 0 Å². The van der Waals surface area contributed by atoms with Crippen LogP contribution in [0, 0.1) is 0 Å². The summed E-state index contributed by atoms with van der Waals surface area (Å²) in [5.41, 5.74) is 1.13. The van der Waals surface area contributed by atoms with E-state index in [1.165, 1.54) is 0 Å². The highest BCUT2D eigenvalue weighted by molar-refractivity contribution is 5.90. The van der Waals surface area contributed by atoms with E-state index in [1.54, 1.807) is 11.9 Å². The smallest absolute Gasteiger partial charge is 0.261 e. The Hall–Kier alpha value is -2.04. The number of hydrogen-bond donors (Lipinski definition) is 1. The quantitative estimate of drug-likeness (QED) is 0.865. The normalized spacial score (nSPS) is 25.1. The Balaban J connectivity index is 1.63. The molecule has 2 aliphatic rings. The zero-order valence-corrected chi connectivity index (χ0v) is 11.5. The highest BCUT2D eigenvalue weighted by atomic mass is 16.5. The summed E-state index contributed by atoms with van der Waals surface area (Å²) in [6.07, 6.45) is 1.65. The number of amides is 2. The summed E-state index contributed by atoms with van der Waals surface area (Å²) in [4.78, 5) is 25.6. The van der Waals surface area contributed by atoms with Crippen LogP contribution in [0.4, 0.5) is 0 Å². The zero-order valence-electron chi connectivity index (χ0n) is 11.5. The third kappa shape index (κ3) is 2.35. The Morgan fingerprint density at radius 3 is 2.90 bits per heavy atom. The van der Waals surface area contributed by atoms with Gasteiger partial charge in [-0.2, -0.15) is 0 Å². The first-order chi connectivity index (χ1) is 9.65. The summed E-state index contributed by atoms with van der Waals surface area (Å²) < 4.78 is 5.73. The second kappa shape index (κ2) is 5.15. The monoisotopic (exact) mass is 274 g/mol. The number of hydrogen-bond acceptors (Lipinski definition) is 3. The highest BCUT2D eigenvalue weighted by Crippen LogP contribution is 2.27. The molecule has 106 valence electrons. The maximum absolute atomic E-state index is 12.2. The Labute approximate surface area is 117 Å². The van der Waals surface area contributed by atoms with Gasteiger partial charge in [-0.25, -0.2) is 0 Å². The molecule has 1 fully saturated rings. The molecule has 5 heteroatoms. The van der Waals surface area contributed by atoms with E-state index in [0.29, 0.717) is 19.4 Å². The van der Waals surface area contributed by atoms with Crippen molar-refractivity contribution in [2.45, 2.75) is 31.4 Å². The number of ether oxygens (including phenoxy) is 1. The first-order valence-electron chi connectivity index (χ1n) is 6.95. The van der Waals surface area contributed by atoms with Crippen molar-refractivity contribution in [2.24, 2.45) is 0 Å². The molecule has 1 aromatic carbocycles. The molecule has 5 nitrogen and oxygen atoms in total. The van der Waals surface area contributed by atoms with Crippen LogP contribution >= 0.6 is 0 Å². The molecule has 2 heterocycles. The van der Waals surface area contributed by atoms with Crippen molar-refractivity contribution < 1.29 is 14.3 Å². The van der Waals surface area contributed by atoms with Gasteiger partial charge in [-0.3, -0.25) is 9.59 Å². The number of fused-ring (bicyclic) bond motifs is 1. The summed E-state index contributed by atoms with van der Waals surface area (Å²) in [7, 11) is 1.75. The van der Waals surface area contributed by atoms with Crippen molar-refractivity contribution in [2.75, 3.05) is 13.6 Å². The Morgan fingerprint density at radius 2 is 2.15 bits per heavy atom. The molecule has 20 heavy (non-hydrogen) atoms. The largest absolute Gasteiger partial charge is 0.480 e. The van der Waals surface area contributed by atoms with Crippen LogP contribution in [-0.2, 0) is 16.0 Å². The maximum atomic E-state index is 12.2. The number of likely N-dealkylation sites (tertiary alicyclic amines) is 1. The van der Waals surface area contributed by atoms with Gasteiger partial charge in [-0.1, -0.05) is 18.2 Å². The van der Waals surface area contributed by atoms with E-state index in [-0.39, 0.29) is 11.8 Å². The molecule has 0 radical (unpaired) electrons. The molecule has 0 aromatic heterocycles. The third-order valence-electron chi connectivity index (χ3n) is 3.95. The van der Waals surface area contributed by atoms with Gasteiger partial charge in [-0.15, -0.1) is 0 Å². The summed E-state index contributed by atoms with van der Waals surface area (Å²) in [6.45, 7) is 0.693. The van der Waals surface area contributed by atoms with Gasteiger partial charge in [0.25, 0.3) is 5.91 Å². The number of para-hydroxylation sites is 1. The molecule has 1 saturated heterocycles. The average Bonchev–Trinajstić information content (AvgIpc) is 2.78. The fourth-order valence-corrected chi connectivity index (χ4v) is 2.73. The molecule has 1 aromatic rings. The fourth-order valence-electron chi connectivity index (χ4n) is 2.73. The molecule has 0 aliphatic carbocycles. The van der Waals surface area contributed by atoms with Gasteiger partial charge in [0.15, 0.2) is 6.10 Å². The van der Waals surface area contributed by atoms with Crippen LogP contribution in [0.3, 0.4) is 0 Å². The lowest BCUT2D eigenvalue weighted by Crippen LogP contribution is -2.47. The highest BCUT2D eigenvalue weighted by Gasteiger charge is 2.33. The van der Waals surface area contributed by atoms with Crippen LogP contribution in [0.15, 0.2) is 24.3 Å². The molecule has 2 atom stereocenters. The predicted octanol–water partition coefficient (Wildman–Crippen LogP) is 0.727. The number of aryl methyl sites for hydroxylation is 1. The zero-order chi connectivity index (χ0) is 14.1. The minimum atomic E-state index is -0.497. The summed E-state index contributed by atoms with van der Waals surface area (Å²) in [6, 6.07) is 7.36. The molecule has 3 rings (SSSR count). The van der Waals surface area contributed by atoms with E-state index < -0.39 is 12.1 Å². The molecular weight excluding hydrogens is 256 g/mol. The average molecular weight is 274 g/mol. The van der Waals surface area contributed by atoms with Gasteiger partial charge in [0, 0.05) is 13.6 Å². The fraction of sp³-hybridized carbons (Fsp3) is 0.467. The number of likely N-dealkylation sites (N-methyl/N-ethyl adjacent to an activating group) is 1. The van der Waals surface area contributed by atoms with Crippen LogP contribution in [-0.4, -0.2) is 42.5 Å². The van der Waals surface area contributed by atoms with E-state index in [2.05, 4.69) is 5.32 Å². The van der Waals surface area contributed by atoms with Crippen LogP contribution in [0.2, 0.25) is 0 Å². The number of nitrogens with one attached hydrogen (secondary N) is 1. The van der Waals surface area contributed by atoms with Crippen molar-refractivity contribution in [3.8, 4) is 5.75 Å². The second-order valence-corrected chi connectivity index (χ2v) is 5.36. The third-order valence-corrected chi connectivity index (χ3v) is 3.95.